The van der Waals surface area contributed by atoms with Gasteiger partial charge in [0, 0.05) is 23.3 Å². The monoisotopic (exact) mass is 413 g/mol. The second-order valence-electron chi connectivity index (χ2n) is 7.16. The molecular weight excluding hydrogens is 397 g/mol. The van der Waals surface area contributed by atoms with Gasteiger partial charge in [-0.1, -0.05) is 42.5 Å². The van der Waals surface area contributed by atoms with Gasteiger partial charge >= 0.3 is 0 Å². The van der Waals surface area contributed by atoms with E-state index in [0.717, 1.165) is 18.7 Å². The Balaban J connectivity index is 1.68. The Kier molecular flexibility index (Phi) is 4.33. The number of hydrogen-bond donors (Lipinski definition) is 0. The zero-order chi connectivity index (χ0) is 19.3. The number of benzene rings is 1. The Labute approximate surface area is 170 Å². The lowest BCUT2D eigenvalue weighted by atomic mass is 9.89. The smallest absolute Gasteiger partial charge is 0.266 e. The fourth-order valence-corrected chi connectivity index (χ4v) is 4.30. The van der Waals surface area contributed by atoms with E-state index in [1.165, 1.54) is 23.8 Å². The van der Waals surface area contributed by atoms with E-state index in [-0.39, 0.29) is 5.56 Å². The highest BCUT2D eigenvalue weighted by molar-refractivity contribution is 6.34. The van der Waals surface area contributed by atoms with E-state index in [2.05, 4.69) is 15.1 Å². The zero-order valence-electron chi connectivity index (χ0n) is 15.0. The summed E-state index contributed by atoms with van der Waals surface area (Å²) in [6.45, 7) is 0. The van der Waals surface area contributed by atoms with Crippen LogP contribution in [0.15, 0.2) is 41.5 Å². The third kappa shape index (κ3) is 2.88. The highest BCUT2D eigenvalue weighted by atomic mass is 35.5. The number of pyridine rings is 1. The van der Waals surface area contributed by atoms with Crippen LogP contribution in [0.3, 0.4) is 0 Å². The second-order valence-corrected chi connectivity index (χ2v) is 8.00. The fourth-order valence-electron chi connectivity index (χ4n) is 3.93. The van der Waals surface area contributed by atoms with E-state index >= 15 is 0 Å². The quantitative estimate of drug-likeness (QED) is 0.474. The molecular formula is C20H17Cl2N5O. The van der Waals surface area contributed by atoms with Crippen molar-refractivity contribution in [2.24, 2.45) is 0 Å². The molecule has 0 aliphatic heterocycles. The summed E-state index contributed by atoms with van der Waals surface area (Å²) in [7, 11) is 0. The molecule has 0 atom stereocenters. The van der Waals surface area contributed by atoms with Gasteiger partial charge in [-0.2, -0.15) is 9.50 Å². The summed E-state index contributed by atoms with van der Waals surface area (Å²) in [4.78, 5) is 22.1. The molecule has 3 heterocycles. The number of nitrogens with zero attached hydrogens (tertiary/aromatic N) is 5. The first kappa shape index (κ1) is 17.6. The van der Waals surface area contributed by atoms with Gasteiger partial charge in [0.25, 0.3) is 11.3 Å². The summed E-state index contributed by atoms with van der Waals surface area (Å²) in [6, 6.07) is 6.86. The lowest BCUT2D eigenvalue weighted by Crippen LogP contribution is -2.19. The predicted molar refractivity (Wildman–Crippen MR) is 110 cm³/mol. The predicted octanol–water partition coefficient (Wildman–Crippen LogP) is 4.78. The molecule has 1 aliphatic carbocycles. The standard InChI is InChI=1S/C20H17Cl2N5O/c21-13-6-7-15(22)17(10-13)26-9-8-16-14(19(26)28)11-23-20-24-18(25-27(16)20)12-4-2-1-3-5-12/h6-12H,1-5H2. The van der Waals surface area contributed by atoms with Gasteiger partial charge in [0.05, 0.1) is 21.6 Å². The van der Waals surface area contributed by atoms with Crippen LogP contribution in [0.5, 0.6) is 0 Å². The first-order chi connectivity index (χ1) is 13.6. The van der Waals surface area contributed by atoms with Gasteiger partial charge in [-0.15, -0.1) is 5.10 Å². The van der Waals surface area contributed by atoms with Crippen molar-refractivity contribution in [3.8, 4) is 5.69 Å². The topological polar surface area (TPSA) is 65.1 Å². The van der Waals surface area contributed by atoms with Crippen molar-refractivity contribution in [3.05, 3.63) is 62.9 Å². The summed E-state index contributed by atoms with van der Waals surface area (Å²) in [6.07, 6.45) is 9.14. The van der Waals surface area contributed by atoms with E-state index in [9.17, 15) is 4.79 Å². The van der Waals surface area contributed by atoms with Crippen LogP contribution >= 0.6 is 23.2 Å². The maximum Gasteiger partial charge on any atom is 0.266 e. The molecule has 0 amide bonds. The van der Waals surface area contributed by atoms with Gasteiger partial charge in [0.1, 0.15) is 0 Å². The van der Waals surface area contributed by atoms with Gasteiger partial charge in [-0.25, -0.2) is 4.98 Å². The average Bonchev–Trinajstić information content (AvgIpc) is 3.16. The molecule has 0 bridgehead atoms. The number of fused-ring (bicyclic) bond motifs is 3. The molecule has 0 N–H and O–H groups in total. The fraction of sp³-hybridized carbons (Fsp3) is 0.300. The first-order valence-corrected chi connectivity index (χ1v) is 10.1. The van der Waals surface area contributed by atoms with Crippen LogP contribution in [0.25, 0.3) is 22.4 Å². The van der Waals surface area contributed by atoms with Crippen LogP contribution in [0, 0.1) is 0 Å². The lowest BCUT2D eigenvalue weighted by Gasteiger charge is -2.17. The Bertz CT molecular complexity index is 1260. The van der Waals surface area contributed by atoms with Crippen molar-refractivity contribution < 1.29 is 0 Å². The van der Waals surface area contributed by atoms with E-state index in [4.69, 9.17) is 23.2 Å². The highest BCUT2D eigenvalue weighted by Crippen LogP contribution is 2.31. The highest BCUT2D eigenvalue weighted by Gasteiger charge is 2.21. The summed E-state index contributed by atoms with van der Waals surface area (Å²) < 4.78 is 3.15. The van der Waals surface area contributed by atoms with Crippen LogP contribution in [0.4, 0.5) is 0 Å². The van der Waals surface area contributed by atoms with Crippen molar-refractivity contribution in [2.75, 3.05) is 0 Å². The third-order valence-corrected chi connectivity index (χ3v) is 5.94. The molecule has 1 saturated carbocycles. The molecule has 1 aliphatic rings. The molecule has 142 valence electrons. The molecule has 1 fully saturated rings. The van der Waals surface area contributed by atoms with Crippen LogP contribution < -0.4 is 5.56 Å². The van der Waals surface area contributed by atoms with Crippen molar-refractivity contribution in [2.45, 2.75) is 38.0 Å². The van der Waals surface area contributed by atoms with Crippen molar-refractivity contribution in [3.63, 3.8) is 0 Å². The minimum atomic E-state index is -0.231. The molecule has 0 radical (unpaired) electrons. The molecule has 5 rings (SSSR count). The first-order valence-electron chi connectivity index (χ1n) is 9.34. The van der Waals surface area contributed by atoms with Gasteiger partial charge in [0.2, 0.25) is 0 Å². The lowest BCUT2D eigenvalue weighted by molar-refractivity contribution is 0.429. The molecule has 3 aromatic heterocycles. The molecule has 8 heteroatoms. The third-order valence-electron chi connectivity index (χ3n) is 5.39. The van der Waals surface area contributed by atoms with Gasteiger partial charge in [-0.05, 0) is 37.1 Å². The zero-order valence-corrected chi connectivity index (χ0v) is 16.5. The normalized spacial score (nSPS) is 15.5. The molecule has 4 aromatic rings. The Hall–Kier alpha value is -2.44. The van der Waals surface area contributed by atoms with E-state index in [0.29, 0.717) is 38.3 Å². The largest absolute Gasteiger partial charge is 0.282 e. The van der Waals surface area contributed by atoms with Gasteiger partial charge in [-0.3, -0.25) is 9.36 Å². The Morgan fingerprint density at radius 3 is 2.71 bits per heavy atom. The van der Waals surface area contributed by atoms with E-state index in [1.807, 2.05) is 6.07 Å². The molecule has 0 unspecified atom stereocenters. The number of hydrogen-bond acceptors (Lipinski definition) is 4. The summed E-state index contributed by atoms with van der Waals surface area (Å²) in [5.74, 6) is 1.71. The van der Waals surface area contributed by atoms with E-state index in [1.54, 1.807) is 35.1 Å². The summed E-state index contributed by atoms with van der Waals surface area (Å²) in [5, 5.41) is 6.09. The Morgan fingerprint density at radius 1 is 1.07 bits per heavy atom. The number of halogens is 2. The van der Waals surface area contributed by atoms with Crippen molar-refractivity contribution in [1.82, 2.24) is 24.1 Å². The van der Waals surface area contributed by atoms with Crippen LogP contribution in [-0.4, -0.2) is 24.1 Å². The number of rotatable bonds is 2. The van der Waals surface area contributed by atoms with Crippen LogP contribution in [-0.2, 0) is 0 Å². The van der Waals surface area contributed by atoms with Crippen molar-refractivity contribution >= 4 is 39.9 Å². The second kappa shape index (κ2) is 6.87. The van der Waals surface area contributed by atoms with Crippen LogP contribution in [0.1, 0.15) is 43.8 Å². The summed E-state index contributed by atoms with van der Waals surface area (Å²) >= 11 is 12.4. The summed E-state index contributed by atoms with van der Waals surface area (Å²) in [5.41, 5.74) is 0.979. The maximum atomic E-state index is 13.1. The molecule has 1 aromatic carbocycles. The maximum absolute atomic E-state index is 13.1. The molecule has 0 spiro atoms. The minimum absolute atomic E-state index is 0.231. The van der Waals surface area contributed by atoms with Gasteiger partial charge in [0.15, 0.2) is 5.82 Å². The molecule has 0 saturated heterocycles. The van der Waals surface area contributed by atoms with Crippen LogP contribution in [0.2, 0.25) is 10.0 Å². The number of aromatic nitrogens is 5. The van der Waals surface area contributed by atoms with E-state index < -0.39 is 0 Å². The SMILES string of the molecule is O=c1c2cnc3nc(C4CCCCC4)nn3c2ccn1-c1cc(Cl)ccc1Cl. The average molecular weight is 414 g/mol. The molecule has 6 nitrogen and oxygen atoms in total. The molecule has 28 heavy (non-hydrogen) atoms. The Morgan fingerprint density at radius 2 is 1.89 bits per heavy atom. The van der Waals surface area contributed by atoms with Gasteiger partial charge < -0.3 is 0 Å². The van der Waals surface area contributed by atoms with Crippen molar-refractivity contribution in [1.29, 1.82) is 0 Å². The minimum Gasteiger partial charge on any atom is -0.282 e.